The van der Waals surface area contributed by atoms with Gasteiger partial charge in [-0.05, 0) is 104 Å². The van der Waals surface area contributed by atoms with Crippen molar-refractivity contribution in [1.82, 2.24) is 0 Å². The maximum absolute atomic E-state index is 10.8. The maximum atomic E-state index is 10.8. The summed E-state index contributed by atoms with van der Waals surface area (Å²) in [4.78, 5) is 10.8. The number of aliphatic carboxylic acids is 1. The van der Waals surface area contributed by atoms with Crippen LogP contribution in [0.4, 0.5) is 0 Å². The van der Waals surface area contributed by atoms with E-state index in [4.69, 9.17) is 9.84 Å². The van der Waals surface area contributed by atoms with Gasteiger partial charge in [-0.1, -0.05) is 0 Å². The van der Waals surface area contributed by atoms with Crippen LogP contribution in [-0.4, -0.2) is 43.5 Å². The Labute approximate surface area is 188 Å². The number of ether oxygens (including phenoxy) is 1. The molecule has 2 N–H and O–H groups in total. The van der Waals surface area contributed by atoms with E-state index in [1.807, 2.05) is 22.6 Å². The summed E-state index contributed by atoms with van der Waals surface area (Å²) in [6.07, 6.45) is -0.0105. The third-order valence-electron chi connectivity index (χ3n) is 2.55. The van der Waals surface area contributed by atoms with Gasteiger partial charge in [0.15, 0.2) is 5.75 Å². The number of benzene rings is 2. The first-order valence-corrected chi connectivity index (χ1v) is 8.96. The summed E-state index contributed by atoms with van der Waals surface area (Å²) in [7, 11) is 0. The molecule has 0 saturated carbocycles. The Balaban J connectivity index is 0.00000242. The van der Waals surface area contributed by atoms with Crippen LogP contribution in [0, 0.1) is 10.7 Å². The molecule has 0 aliphatic heterocycles. The molecule has 1 radical (unpaired) electrons. The normalized spacial score (nSPS) is 9.95. The van der Waals surface area contributed by atoms with E-state index in [0.717, 1.165) is 12.7 Å². The fourth-order valence-corrected chi connectivity index (χ4v) is 4.26. The summed E-state index contributed by atoms with van der Waals surface area (Å²) < 4.78 is 8.26. The molecule has 4 nitrogen and oxygen atoms in total. The summed E-state index contributed by atoms with van der Waals surface area (Å²) in [5.41, 5.74) is 0.740. The van der Waals surface area contributed by atoms with Crippen molar-refractivity contribution in [2.75, 3.05) is 0 Å². The van der Waals surface area contributed by atoms with Gasteiger partial charge in [0.05, 0.1) is 17.1 Å². The van der Waals surface area contributed by atoms with Crippen molar-refractivity contribution in [3.05, 3.63) is 46.6 Å². The van der Waals surface area contributed by atoms with Crippen molar-refractivity contribution in [3.63, 3.8) is 0 Å². The average molecular weight is 826 g/mol. The van der Waals surface area contributed by atoms with Crippen molar-refractivity contribution in [2.24, 2.45) is 0 Å². The predicted octanol–water partition coefficient (Wildman–Crippen LogP) is 4.24. The van der Waals surface area contributed by atoms with Gasteiger partial charge in [-0.3, -0.25) is 4.79 Å². The van der Waals surface area contributed by atoms with E-state index in [1.54, 1.807) is 30.3 Å². The van der Waals surface area contributed by atoms with Crippen molar-refractivity contribution < 1.29 is 19.7 Å². The number of rotatable bonds is 4. The van der Waals surface area contributed by atoms with E-state index in [2.05, 4.69) is 45.2 Å². The topological polar surface area (TPSA) is 66.8 Å². The van der Waals surface area contributed by atoms with Crippen LogP contribution in [0.3, 0.4) is 0 Å². The molecule has 0 heterocycles. The second-order valence-electron chi connectivity index (χ2n) is 4.17. The zero-order valence-electron chi connectivity index (χ0n) is 11.0. The predicted molar refractivity (Wildman–Crippen MR) is 110 cm³/mol. The van der Waals surface area contributed by atoms with Gasteiger partial charge in [-0.15, -0.1) is 0 Å². The molecule has 0 bridgehead atoms. The van der Waals surface area contributed by atoms with Crippen molar-refractivity contribution in [2.45, 2.75) is 6.42 Å². The standard InChI is InChI=1S/C14H9I3O4.Tl/c15-9-6-8(1-2-12(9)18)21-14-10(16)3-7(4-11(14)17)5-13(19)20;/h1-4,6,18H,5H2,(H,19,20);. The minimum atomic E-state index is -0.858. The molecule has 8 heteroatoms. The summed E-state index contributed by atoms with van der Waals surface area (Å²) in [6, 6.07) is 8.62. The van der Waals surface area contributed by atoms with E-state index in [1.165, 1.54) is 0 Å². The second kappa shape index (κ2) is 9.20. The fourth-order valence-electron chi connectivity index (χ4n) is 1.66. The third kappa shape index (κ3) is 5.61. The molecule has 0 spiro atoms. The average Bonchev–Trinajstić information content (AvgIpc) is 2.37. The Hall–Kier alpha value is 0.622. The van der Waals surface area contributed by atoms with Crippen LogP contribution in [0.15, 0.2) is 30.3 Å². The Morgan fingerprint density at radius 3 is 2.14 bits per heavy atom. The number of carbonyl (C=O) groups is 1. The molecule has 113 valence electrons. The van der Waals surface area contributed by atoms with Crippen molar-refractivity contribution in [3.8, 4) is 17.2 Å². The molecule has 0 amide bonds. The Morgan fingerprint density at radius 2 is 1.64 bits per heavy atom. The van der Waals surface area contributed by atoms with Crippen LogP contribution in [0.25, 0.3) is 0 Å². The minimum absolute atomic E-state index is 0. The van der Waals surface area contributed by atoms with Gasteiger partial charge >= 0.3 is 5.97 Å². The zero-order chi connectivity index (χ0) is 15.6. The number of phenolic OH excluding ortho intramolecular Hbond substituents is 1. The third-order valence-corrected chi connectivity index (χ3v) is 5.02. The van der Waals surface area contributed by atoms with Gasteiger partial charge < -0.3 is 14.9 Å². The van der Waals surface area contributed by atoms with Gasteiger partial charge in [0, 0.05) is 27.3 Å². The van der Waals surface area contributed by atoms with Crippen LogP contribution >= 0.6 is 67.8 Å². The summed E-state index contributed by atoms with van der Waals surface area (Å²) in [6.45, 7) is 0. The Kier molecular flexibility index (Phi) is 8.64. The van der Waals surface area contributed by atoms with E-state index in [0.29, 0.717) is 15.1 Å². The van der Waals surface area contributed by atoms with Crippen LogP contribution in [0.1, 0.15) is 5.56 Å². The van der Waals surface area contributed by atoms with Crippen LogP contribution < -0.4 is 4.74 Å². The van der Waals surface area contributed by atoms with E-state index in [-0.39, 0.29) is 39.5 Å². The molecular formula is C14H9I3O4Tl. The molecule has 22 heavy (non-hydrogen) atoms. The molecule has 0 aliphatic rings. The molecule has 0 saturated heterocycles. The molecule has 2 aromatic carbocycles. The maximum Gasteiger partial charge on any atom is 0.307 e. The molecular weight excluding hydrogens is 817 g/mol. The second-order valence-corrected chi connectivity index (χ2v) is 7.66. The van der Waals surface area contributed by atoms with Crippen molar-refractivity contribution >= 4 is 101 Å². The van der Waals surface area contributed by atoms with Crippen LogP contribution in [0.2, 0.25) is 0 Å². The van der Waals surface area contributed by atoms with Crippen LogP contribution in [-0.2, 0) is 11.2 Å². The number of aromatic hydroxyl groups is 1. The van der Waals surface area contributed by atoms with Crippen molar-refractivity contribution in [1.29, 1.82) is 0 Å². The number of phenols is 1. The summed E-state index contributed by atoms with van der Waals surface area (Å²) in [5, 5.41) is 18.4. The summed E-state index contributed by atoms with van der Waals surface area (Å²) in [5.74, 6) is 0.665. The quantitative estimate of drug-likeness (QED) is 0.358. The summed E-state index contributed by atoms with van der Waals surface area (Å²) >= 11 is 6.28. The van der Waals surface area contributed by atoms with Gasteiger partial charge in [0.25, 0.3) is 0 Å². The van der Waals surface area contributed by atoms with Crippen LogP contribution in [0.5, 0.6) is 17.2 Å². The number of carboxylic acid groups (broad SMARTS) is 1. The van der Waals surface area contributed by atoms with Gasteiger partial charge in [-0.2, -0.15) is 0 Å². The Morgan fingerprint density at radius 1 is 1.05 bits per heavy atom. The van der Waals surface area contributed by atoms with Gasteiger partial charge in [-0.25, -0.2) is 0 Å². The minimum Gasteiger partial charge on any atom is -0.507 e. The Bertz CT molecular complexity index is 683. The molecule has 0 fully saturated rings. The first-order valence-electron chi connectivity index (χ1n) is 5.73. The number of hydrogen-bond donors (Lipinski definition) is 2. The largest absolute Gasteiger partial charge is 0.507 e. The monoisotopic (exact) mass is 827 g/mol. The SMILES string of the molecule is O=C(O)Cc1cc(I)c(Oc2ccc(O)c(I)c2)c(I)c1.[Tl]. The smallest absolute Gasteiger partial charge is 0.307 e. The van der Waals surface area contributed by atoms with E-state index in [9.17, 15) is 9.90 Å². The van der Waals surface area contributed by atoms with Gasteiger partial charge in [0.2, 0.25) is 0 Å². The van der Waals surface area contributed by atoms with E-state index >= 15 is 0 Å². The number of carboxylic acids is 1. The first-order chi connectivity index (χ1) is 9.86. The molecule has 2 rings (SSSR count). The number of hydrogen-bond acceptors (Lipinski definition) is 3. The molecule has 0 aliphatic carbocycles. The fraction of sp³-hybridized carbons (Fsp3) is 0.0714. The number of halogens is 3. The molecule has 0 aromatic heterocycles. The first kappa shape index (κ1) is 20.7. The van der Waals surface area contributed by atoms with Gasteiger partial charge in [0.1, 0.15) is 11.5 Å². The molecule has 0 atom stereocenters. The van der Waals surface area contributed by atoms with E-state index < -0.39 is 5.97 Å². The zero-order valence-corrected chi connectivity index (χ0v) is 22.0. The molecule has 2 aromatic rings. The molecule has 0 unspecified atom stereocenters.